The second-order valence-electron chi connectivity index (χ2n) is 6.46. The molecule has 2 aromatic carbocycles. The summed E-state index contributed by atoms with van der Waals surface area (Å²) in [5, 5.41) is 0. The normalized spacial score (nSPS) is 10.8. The van der Waals surface area contributed by atoms with Gasteiger partial charge in [-0.05, 0) is 61.1 Å². The zero-order valence-electron chi connectivity index (χ0n) is 14.1. The summed E-state index contributed by atoms with van der Waals surface area (Å²) in [6.45, 7) is 0. The van der Waals surface area contributed by atoms with Crippen LogP contribution < -0.4 is 11.5 Å². The average molecular weight is 310 g/mol. The Labute approximate surface area is 140 Å². The van der Waals surface area contributed by atoms with Crippen LogP contribution in [0, 0.1) is 0 Å². The smallest absolute Gasteiger partial charge is 0.0314 e. The van der Waals surface area contributed by atoms with E-state index in [2.05, 4.69) is 24.3 Å². The van der Waals surface area contributed by atoms with E-state index < -0.39 is 0 Å². The van der Waals surface area contributed by atoms with Gasteiger partial charge in [-0.25, -0.2) is 0 Å². The fraction of sp³-hybridized carbons (Fsp3) is 0.429. The molecular formula is C21H30N2. The van der Waals surface area contributed by atoms with E-state index in [0.29, 0.717) is 0 Å². The first-order valence-electron chi connectivity index (χ1n) is 8.93. The van der Waals surface area contributed by atoms with E-state index in [4.69, 9.17) is 11.5 Å². The Morgan fingerprint density at radius 3 is 1.09 bits per heavy atom. The molecule has 2 nitrogen and oxygen atoms in total. The summed E-state index contributed by atoms with van der Waals surface area (Å²) in [5.74, 6) is 0. The molecule has 0 saturated heterocycles. The summed E-state index contributed by atoms with van der Waals surface area (Å²) in [7, 11) is 0. The van der Waals surface area contributed by atoms with Crippen molar-refractivity contribution in [1.82, 2.24) is 0 Å². The fourth-order valence-corrected chi connectivity index (χ4v) is 2.91. The number of unbranched alkanes of at least 4 members (excludes halogenated alkanes) is 6. The highest BCUT2D eigenvalue weighted by Gasteiger charge is 1.96. The molecule has 0 aliphatic rings. The van der Waals surface area contributed by atoms with Crippen molar-refractivity contribution in [2.24, 2.45) is 0 Å². The summed E-state index contributed by atoms with van der Waals surface area (Å²) < 4.78 is 0. The Bertz CT molecular complexity index is 492. The lowest BCUT2D eigenvalue weighted by molar-refractivity contribution is 0.579. The maximum absolute atomic E-state index is 5.70. The minimum Gasteiger partial charge on any atom is -0.399 e. The van der Waals surface area contributed by atoms with E-state index >= 15 is 0 Å². The minimum atomic E-state index is 0.854. The molecule has 23 heavy (non-hydrogen) atoms. The molecule has 124 valence electrons. The van der Waals surface area contributed by atoms with E-state index in [9.17, 15) is 0 Å². The number of hydrogen-bond acceptors (Lipinski definition) is 2. The Morgan fingerprint density at radius 1 is 0.435 bits per heavy atom. The molecule has 0 aromatic heterocycles. The molecule has 0 aliphatic heterocycles. The first-order valence-corrected chi connectivity index (χ1v) is 8.93. The van der Waals surface area contributed by atoms with Gasteiger partial charge in [0.2, 0.25) is 0 Å². The highest BCUT2D eigenvalue weighted by molar-refractivity contribution is 5.39. The van der Waals surface area contributed by atoms with Gasteiger partial charge in [-0.15, -0.1) is 0 Å². The summed E-state index contributed by atoms with van der Waals surface area (Å²) in [6.07, 6.45) is 11.7. The maximum Gasteiger partial charge on any atom is 0.0314 e. The van der Waals surface area contributed by atoms with Gasteiger partial charge in [0.15, 0.2) is 0 Å². The largest absolute Gasteiger partial charge is 0.399 e. The third kappa shape index (κ3) is 7.23. The predicted molar refractivity (Wildman–Crippen MR) is 101 cm³/mol. The topological polar surface area (TPSA) is 52.0 Å². The van der Waals surface area contributed by atoms with Crippen molar-refractivity contribution >= 4 is 11.4 Å². The molecule has 0 aliphatic carbocycles. The van der Waals surface area contributed by atoms with Crippen LogP contribution in [0.1, 0.15) is 56.1 Å². The standard InChI is InChI=1S/C21H30N2/c22-20-14-10-18(11-15-20)8-6-4-2-1-3-5-7-9-19-12-16-21(23)17-13-19/h10-17H,1-9,22-23H2. The number of hydrogen-bond donors (Lipinski definition) is 2. The van der Waals surface area contributed by atoms with Gasteiger partial charge in [0.05, 0.1) is 0 Å². The molecule has 0 radical (unpaired) electrons. The summed E-state index contributed by atoms with van der Waals surface area (Å²) in [6, 6.07) is 16.6. The highest BCUT2D eigenvalue weighted by Crippen LogP contribution is 2.14. The number of aryl methyl sites for hydroxylation is 2. The number of rotatable bonds is 10. The molecule has 0 amide bonds. The Balaban J connectivity index is 1.43. The molecule has 0 spiro atoms. The van der Waals surface area contributed by atoms with Crippen molar-refractivity contribution in [2.45, 2.75) is 57.8 Å². The van der Waals surface area contributed by atoms with Gasteiger partial charge < -0.3 is 11.5 Å². The minimum absolute atomic E-state index is 0.854. The zero-order chi connectivity index (χ0) is 16.3. The average Bonchev–Trinajstić information content (AvgIpc) is 2.56. The van der Waals surface area contributed by atoms with Crippen LogP contribution in [0.3, 0.4) is 0 Å². The van der Waals surface area contributed by atoms with Crippen LogP contribution in [0.5, 0.6) is 0 Å². The molecule has 0 saturated carbocycles. The molecule has 0 fully saturated rings. The molecule has 4 N–H and O–H groups in total. The third-order valence-corrected chi connectivity index (χ3v) is 4.39. The van der Waals surface area contributed by atoms with E-state index in [1.807, 2.05) is 24.3 Å². The summed E-state index contributed by atoms with van der Waals surface area (Å²) in [4.78, 5) is 0. The van der Waals surface area contributed by atoms with Crippen LogP contribution in [-0.2, 0) is 12.8 Å². The highest BCUT2D eigenvalue weighted by atomic mass is 14.5. The SMILES string of the molecule is Nc1ccc(CCCCCCCCCc2ccc(N)cc2)cc1. The van der Waals surface area contributed by atoms with Crippen LogP contribution in [0.25, 0.3) is 0 Å². The number of anilines is 2. The van der Waals surface area contributed by atoms with E-state index in [1.54, 1.807) is 0 Å². The van der Waals surface area contributed by atoms with Crippen LogP contribution in [0.15, 0.2) is 48.5 Å². The summed E-state index contributed by atoms with van der Waals surface area (Å²) >= 11 is 0. The van der Waals surface area contributed by atoms with Crippen molar-refractivity contribution in [1.29, 1.82) is 0 Å². The van der Waals surface area contributed by atoms with Gasteiger partial charge in [0.25, 0.3) is 0 Å². The van der Waals surface area contributed by atoms with Crippen LogP contribution >= 0.6 is 0 Å². The molecule has 0 bridgehead atoms. The Hall–Kier alpha value is -1.96. The van der Waals surface area contributed by atoms with Crippen molar-refractivity contribution in [3.05, 3.63) is 59.7 Å². The van der Waals surface area contributed by atoms with E-state index in [0.717, 1.165) is 11.4 Å². The number of benzene rings is 2. The molecule has 0 heterocycles. The van der Waals surface area contributed by atoms with Gasteiger partial charge >= 0.3 is 0 Å². The maximum atomic E-state index is 5.70. The predicted octanol–water partition coefficient (Wildman–Crippen LogP) is 5.37. The van der Waals surface area contributed by atoms with Crippen molar-refractivity contribution < 1.29 is 0 Å². The zero-order valence-corrected chi connectivity index (χ0v) is 14.1. The van der Waals surface area contributed by atoms with E-state index in [1.165, 1.54) is 68.9 Å². The van der Waals surface area contributed by atoms with Gasteiger partial charge in [0, 0.05) is 11.4 Å². The van der Waals surface area contributed by atoms with Gasteiger partial charge in [-0.2, -0.15) is 0 Å². The lowest BCUT2D eigenvalue weighted by atomic mass is 10.0. The van der Waals surface area contributed by atoms with Crippen LogP contribution in [0.2, 0.25) is 0 Å². The molecule has 2 aromatic rings. The first kappa shape index (κ1) is 17.4. The van der Waals surface area contributed by atoms with Crippen molar-refractivity contribution in [3.8, 4) is 0 Å². The first-order chi connectivity index (χ1) is 11.2. The monoisotopic (exact) mass is 310 g/mol. The third-order valence-electron chi connectivity index (χ3n) is 4.39. The lowest BCUT2D eigenvalue weighted by Gasteiger charge is -2.04. The molecule has 0 unspecified atom stereocenters. The summed E-state index contributed by atoms with van der Waals surface area (Å²) in [5.41, 5.74) is 15.9. The quantitative estimate of drug-likeness (QED) is 0.458. The second kappa shape index (κ2) is 9.94. The molecule has 2 heteroatoms. The molecule has 2 rings (SSSR count). The van der Waals surface area contributed by atoms with Crippen LogP contribution in [0.4, 0.5) is 11.4 Å². The molecule has 0 atom stereocenters. The van der Waals surface area contributed by atoms with E-state index in [-0.39, 0.29) is 0 Å². The van der Waals surface area contributed by atoms with Crippen molar-refractivity contribution in [3.63, 3.8) is 0 Å². The van der Waals surface area contributed by atoms with Gasteiger partial charge in [0.1, 0.15) is 0 Å². The van der Waals surface area contributed by atoms with Gasteiger partial charge in [-0.1, -0.05) is 56.4 Å². The number of nitrogens with two attached hydrogens (primary N) is 2. The Kier molecular flexibility index (Phi) is 7.51. The van der Waals surface area contributed by atoms with Crippen molar-refractivity contribution in [2.75, 3.05) is 11.5 Å². The Morgan fingerprint density at radius 2 is 0.739 bits per heavy atom. The van der Waals surface area contributed by atoms with Crippen LogP contribution in [-0.4, -0.2) is 0 Å². The number of nitrogen functional groups attached to an aromatic ring is 2. The lowest BCUT2D eigenvalue weighted by Crippen LogP contribution is -1.89. The second-order valence-corrected chi connectivity index (χ2v) is 6.46. The molecular weight excluding hydrogens is 280 g/mol. The fourth-order valence-electron chi connectivity index (χ4n) is 2.91. The van der Waals surface area contributed by atoms with Gasteiger partial charge in [-0.3, -0.25) is 0 Å².